The van der Waals surface area contributed by atoms with Gasteiger partial charge in [-0.3, -0.25) is 4.79 Å². The van der Waals surface area contributed by atoms with Gasteiger partial charge in [0.25, 0.3) is 0 Å². The van der Waals surface area contributed by atoms with Gasteiger partial charge in [0.2, 0.25) is 0 Å². The summed E-state index contributed by atoms with van der Waals surface area (Å²) < 4.78 is 5.62. The minimum Gasteiger partial charge on any atom is -0.462 e. The summed E-state index contributed by atoms with van der Waals surface area (Å²) in [6.07, 6.45) is 12.9. The van der Waals surface area contributed by atoms with Crippen LogP contribution >= 0.6 is 11.6 Å². The van der Waals surface area contributed by atoms with Crippen LogP contribution in [0.4, 0.5) is 0 Å². The summed E-state index contributed by atoms with van der Waals surface area (Å²) in [6.45, 7) is 11.6. The van der Waals surface area contributed by atoms with Gasteiger partial charge in [-0.25, -0.2) is 0 Å². The fourth-order valence-corrected chi connectivity index (χ4v) is 9.73. The van der Waals surface area contributed by atoms with Gasteiger partial charge in [0.1, 0.15) is 6.10 Å². The first-order valence-electron chi connectivity index (χ1n) is 12.5. The van der Waals surface area contributed by atoms with Crippen LogP contribution in [0.5, 0.6) is 0 Å². The molecule has 0 amide bonds. The molecule has 29 heavy (non-hydrogen) atoms. The molecule has 0 radical (unpaired) electrons. The molecular formula is C26H43ClO2. The first kappa shape index (κ1) is 22.0. The molecule has 0 saturated heterocycles. The van der Waals surface area contributed by atoms with Gasteiger partial charge in [0.15, 0.2) is 0 Å². The number of fused-ring (bicyclic) bond motifs is 5. The second-order valence-electron chi connectivity index (χ2n) is 11.7. The SMILES string of the molecule is CCC[C@@H](C)[C@H]1CC[C@H]2[C@@H]3CCC4C[C@H](OC(C)=O)CC(Cl)[C@]4(C)[C@H]3CC[C@]12C. The van der Waals surface area contributed by atoms with Crippen LogP contribution in [0.1, 0.15) is 98.8 Å². The lowest BCUT2D eigenvalue weighted by Gasteiger charge is -2.62. The van der Waals surface area contributed by atoms with Gasteiger partial charge >= 0.3 is 5.97 Å². The second-order valence-corrected chi connectivity index (χ2v) is 12.2. The lowest BCUT2D eigenvalue weighted by atomic mass is 9.44. The van der Waals surface area contributed by atoms with Gasteiger partial charge in [-0.15, -0.1) is 11.6 Å². The summed E-state index contributed by atoms with van der Waals surface area (Å²) in [5, 5.41) is 0.138. The van der Waals surface area contributed by atoms with E-state index in [-0.39, 0.29) is 22.9 Å². The maximum atomic E-state index is 11.5. The number of hydrogen-bond donors (Lipinski definition) is 0. The summed E-state index contributed by atoms with van der Waals surface area (Å²) in [4.78, 5) is 11.5. The third-order valence-electron chi connectivity index (χ3n) is 10.5. The highest BCUT2D eigenvalue weighted by Crippen LogP contribution is 2.69. The first-order chi connectivity index (χ1) is 13.7. The maximum Gasteiger partial charge on any atom is 0.302 e. The van der Waals surface area contributed by atoms with Crippen molar-refractivity contribution in [3.05, 3.63) is 0 Å². The van der Waals surface area contributed by atoms with Gasteiger partial charge in [0, 0.05) is 18.7 Å². The molecule has 0 aromatic carbocycles. The zero-order chi connectivity index (χ0) is 21.0. The van der Waals surface area contributed by atoms with Crippen molar-refractivity contribution < 1.29 is 9.53 Å². The third kappa shape index (κ3) is 3.48. The summed E-state index contributed by atoms with van der Waals surface area (Å²) >= 11 is 7.14. The van der Waals surface area contributed by atoms with Crippen molar-refractivity contribution in [2.75, 3.05) is 0 Å². The monoisotopic (exact) mass is 422 g/mol. The highest BCUT2D eigenvalue weighted by molar-refractivity contribution is 6.21. The van der Waals surface area contributed by atoms with E-state index in [0.29, 0.717) is 11.3 Å². The molecule has 10 atom stereocenters. The molecule has 2 unspecified atom stereocenters. The molecule has 4 aliphatic carbocycles. The molecule has 166 valence electrons. The molecule has 4 rings (SSSR count). The highest BCUT2D eigenvalue weighted by atomic mass is 35.5. The number of hydrogen-bond acceptors (Lipinski definition) is 2. The smallest absolute Gasteiger partial charge is 0.302 e. The van der Waals surface area contributed by atoms with Crippen LogP contribution < -0.4 is 0 Å². The average Bonchev–Trinajstić information content (AvgIpc) is 3.00. The Morgan fingerprint density at radius 3 is 2.55 bits per heavy atom. The van der Waals surface area contributed by atoms with Crippen LogP contribution in [-0.2, 0) is 9.53 Å². The zero-order valence-corrected chi connectivity index (χ0v) is 20.1. The molecule has 2 nitrogen and oxygen atoms in total. The van der Waals surface area contributed by atoms with Gasteiger partial charge in [-0.2, -0.15) is 0 Å². The molecule has 0 bridgehead atoms. The first-order valence-corrected chi connectivity index (χ1v) is 13.0. The lowest BCUT2D eigenvalue weighted by Crippen LogP contribution is -2.58. The van der Waals surface area contributed by atoms with E-state index in [4.69, 9.17) is 16.3 Å². The molecule has 0 aromatic heterocycles. The topological polar surface area (TPSA) is 26.3 Å². The Labute approximate surface area is 183 Å². The molecule has 0 aliphatic heterocycles. The minimum absolute atomic E-state index is 0.0317. The molecule has 4 fully saturated rings. The predicted octanol–water partition coefficient (Wildman–Crippen LogP) is 7.23. The van der Waals surface area contributed by atoms with Crippen molar-refractivity contribution in [2.45, 2.75) is 110 Å². The van der Waals surface area contributed by atoms with Crippen LogP contribution in [0.25, 0.3) is 0 Å². The molecule has 0 heterocycles. The fourth-order valence-electron chi connectivity index (χ4n) is 9.19. The van der Waals surface area contributed by atoms with Crippen molar-refractivity contribution in [1.29, 1.82) is 0 Å². The molecule has 0 aromatic rings. The number of carbonyl (C=O) groups is 1. The van der Waals surface area contributed by atoms with E-state index in [1.165, 1.54) is 58.3 Å². The van der Waals surface area contributed by atoms with E-state index in [0.717, 1.165) is 42.4 Å². The van der Waals surface area contributed by atoms with Gasteiger partial charge in [0.05, 0.1) is 0 Å². The van der Waals surface area contributed by atoms with Crippen LogP contribution in [0.2, 0.25) is 0 Å². The molecule has 3 heteroatoms. The Hall–Kier alpha value is -0.240. The predicted molar refractivity (Wildman–Crippen MR) is 120 cm³/mol. The van der Waals surface area contributed by atoms with Crippen molar-refractivity contribution in [3.63, 3.8) is 0 Å². The fraction of sp³-hybridized carbons (Fsp3) is 0.962. The normalized spacial score (nSPS) is 50.2. The number of rotatable bonds is 4. The van der Waals surface area contributed by atoms with E-state index >= 15 is 0 Å². The van der Waals surface area contributed by atoms with Gasteiger partial charge < -0.3 is 4.74 Å². The molecule has 4 aliphatic rings. The van der Waals surface area contributed by atoms with E-state index in [1.807, 2.05) is 0 Å². The standard InChI is InChI=1S/C26H43ClO2/c1-6-7-16(2)21-10-11-22-20-9-8-18-14-19(29-17(3)28)15-24(27)26(18,5)23(20)12-13-25(21,22)4/h16,18-24H,6-15H2,1-5H3/t16-,18?,19+,20+,21-,22+,23+,24?,25-,26+/m1/s1. The second kappa shape index (κ2) is 8.03. The molecule has 4 saturated carbocycles. The van der Waals surface area contributed by atoms with Crippen molar-refractivity contribution in [2.24, 2.45) is 46.3 Å². The highest BCUT2D eigenvalue weighted by Gasteiger charge is 2.62. The van der Waals surface area contributed by atoms with E-state index < -0.39 is 0 Å². The van der Waals surface area contributed by atoms with Crippen LogP contribution in [0, 0.1) is 46.3 Å². The average molecular weight is 423 g/mol. The number of esters is 1. The van der Waals surface area contributed by atoms with Crippen molar-refractivity contribution in [1.82, 2.24) is 0 Å². The van der Waals surface area contributed by atoms with Gasteiger partial charge in [-0.05, 0) is 91.3 Å². The van der Waals surface area contributed by atoms with Crippen LogP contribution in [-0.4, -0.2) is 17.5 Å². The Morgan fingerprint density at radius 2 is 1.86 bits per heavy atom. The minimum atomic E-state index is -0.150. The van der Waals surface area contributed by atoms with Crippen molar-refractivity contribution in [3.8, 4) is 0 Å². The third-order valence-corrected chi connectivity index (χ3v) is 11.1. The van der Waals surface area contributed by atoms with Crippen molar-refractivity contribution >= 4 is 17.6 Å². The van der Waals surface area contributed by atoms with Gasteiger partial charge in [-0.1, -0.05) is 40.5 Å². The Kier molecular flexibility index (Phi) is 6.08. The lowest BCUT2D eigenvalue weighted by molar-refractivity contribution is -0.159. The summed E-state index contributed by atoms with van der Waals surface area (Å²) in [5.41, 5.74) is 0.769. The van der Waals surface area contributed by atoms with Crippen LogP contribution in [0.3, 0.4) is 0 Å². The summed E-state index contributed by atoms with van der Waals surface area (Å²) in [6, 6.07) is 0. The number of halogens is 1. The Morgan fingerprint density at radius 1 is 1.10 bits per heavy atom. The number of alkyl halides is 1. The zero-order valence-electron chi connectivity index (χ0n) is 19.4. The summed E-state index contributed by atoms with van der Waals surface area (Å²) in [5.74, 6) is 4.79. The number of carbonyl (C=O) groups excluding carboxylic acids is 1. The molecule has 0 spiro atoms. The van der Waals surface area contributed by atoms with E-state index in [2.05, 4.69) is 27.7 Å². The molecular weight excluding hydrogens is 380 g/mol. The van der Waals surface area contributed by atoms with E-state index in [1.54, 1.807) is 0 Å². The van der Waals surface area contributed by atoms with Crippen LogP contribution in [0.15, 0.2) is 0 Å². The summed E-state index contributed by atoms with van der Waals surface area (Å²) in [7, 11) is 0. The largest absolute Gasteiger partial charge is 0.462 e. The quantitative estimate of drug-likeness (QED) is 0.352. The number of ether oxygens (including phenoxy) is 1. The van der Waals surface area contributed by atoms with E-state index in [9.17, 15) is 4.79 Å². The Balaban J connectivity index is 1.54. The Bertz CT molecular complexity index is 620. The maximum absolute atomic E-state index is 11.5. The molecule has 0 N–H and O–H groups in total.